The van der Waals surface area contributed by atoms with Gasteiger partial charge in [0.1, 0.15) is 0 Å². The van der Waals surface area contributed by atoms with Crippen LogP contribution in [0.1, 0.15) is 34.6 Å². The maximum atomic E-state index is 11.9. The van der Waals surface area contributed by atoms with Crippen LogP contribution in [0.15, 0.2) is 30.3 Å². The van der Waals surface area contributed by atoms with Crippen LogP contribution in [0.4, 0.5) is 0 Å². The van der Waals surface area contributed by atoms with Gasteiger partial charge in [0.2, 0.25) is 0 Å². The zero-order valence-corrected chi connectivity index (χ0v) is 12.6. The van der Waals surface area contributed by atoms with Gasteiger partial charge in [-0.1, -0.05) is 23.8 Å². The minimum absolute atomic E-state index is 0.0102. The Labute approximate surface area is 118 Å². The molecule has 0 aliphatic heterocycles. The van der Waals surface area contributed by atoms with Crippen molar-refractivity contribution in [3.8, 4) is 10.4 Å². The Morgan fingerprint density at radius 2 is 1.89 bits per heavy atom. The second-order valence-corrected chi connectivity index (χ2v) is 6.19. The molecule has 0 atom stereocenters. The summed E-state index contributed by atoms with van der Waals surface area (Å²) in [6.45, 7) is 8.13. The molecule has 1 N–H and O–H groups in total. The summed E-state index contributed by atoms with van der Waals surface area (Å²) in [6, 6.07) is 10.5. The Morgan fingerprint density at radius 3 is 2.53 bits per heavy atom. The molecule has 0 fully saturated rings. The normalized spacial score (nSPS) is 10.8. The molecule has 2 nitrogen and oxygen atoms in total. The molecule has 0 unspecified atom stereocenters. The lowest BCUT2D eigenvalue weighted by Crippen LogP contribution is -2.29. The van der Waals surface area contributed by atoms with E-state index in [4.69, 9.17) is 0 Å². The molecule has 1 amide bonds. The van der Waals surface area contributed by atoms with E-state index >= 15 is 0 Å². The minimum Gasteiger partial charge on any atom is -0.349 e. The molecule has 1 aromatic heterocycles. The third kappa shape index (κ3) is 3.24. The zero-order chi connectivity index (χ0) is 14.0. The fourth-order valence-corrected chi connectivity index (χ4v) is 3.03. The standard InChI is InChI=1S/C16H19NOS/c1-10(2)17-16(18)15-8-7-14(19-15)13-6-5-11(3)9-12(13)4/h5-10H,1-4H3,(H,17,18). The van der Waals surface area contributed by atoms with Gasteiger partial charge in [-0.05, 0) is 51.0 Å². The van der Waals surface area contributed by atoms with Crippen LogP contribution in [0.3, 0.4) is 0 Å². The lowest BCUT2D eigenvalue weighted by Gasteiger charge is -2.06. The van der Waals surface area contributed by atoms with Crippen molar-refractivity contribution in [2.75, 3.05) is 0 Å². The van der Waals surface area contributed by atoms with Gasteiger partial charge in [-0.15, -0.1) is 11.3 Å². The maximum absolute atomic E-state index is 11.9. The highest BCUT2D eigenvalue weighted by Gasteiger charge is 2.12. The molecule has 3 heteroatoms. The highest BCUT2D eigenvalue weighted by atomic mass is 32.1. The maximum Gasteiger partial charge on any atom is 0.261 e. The zero-order valence-electron chi connectivity index (χ0n) is 11.8. The Morgan fingerprint density at radius 1 is 1.16 bits per heavy atom. The molecule has 0 bridgehead atoms. The van der Waals surface area contributed by atoms with Crippen LogP contribution in [0, 0.1) is 13.8 Å². The van der Waals surface area contributed by atoms with Gasteiger partial charge in [-0.2, -0.15) is 0 Å². The molecular formula is C16H19NOS. The van der Waals surface area contributed by atoms with E-state index in [1.54, 1.807) is 11.3 Å². The van der Waals surface area contributed by atoms with Crippen molar-refractivity contribution in [3.63, 3.8) is 0 Å². The Bertz CT molecular complexity index is 599. The average Bonchev–Trinajstić information content (AvgIpc) is 2.77. The van der Waals surface area contributed by atoms with Gasteiger partial charge in [0.25, 0.3) is 5.91 Å². The molecule has 100 valence electrons. The van der Waals surface area contributed by atoms with Crippen molar-refractivity contribution in [2.24, 2.45) is 0 Å². The number of carbonyl (C=O) groups is 1. The summed E-state index contributed by atoms with van der Waals surface area (Å²) < 4.78 is 0. The van der Waals surface area contributed by atoms with Gasteiger partial charge < -0.3 is 5.32 Å². The summed E-state index contributed by atoms with van der Waals surface area (Å²) in [7, 11) is 0. The molecule has 19 heavy (non-hydrogen) atoms. The van der Waals surface area contributed by atoms with Crippen molar-refractivity contribution >= 4 is 17.2 Å². The molecule has 1 aromatic carbocycles. The average molecular weight is 273 g/mol. The van der Waals surface area contributed by atoms with Crippen LogP contribution in [-0.4, -0.2) is 11.9 Å². The monoisotopic (exact) mass is 273 g/mol. The molecule has 0 spiro atoms. The second-order valence-electron chi connectivity index (χ2n) is 5.11. The van der Waals surface area contributed by atoms with E-state index in [1.807, 2.05) is 26.0 Å². The molecule has 0 saturated heterocycles. The van der Waals surface area contributed by atoms with E-state index in [-0.39, 0.29) is 11.9 Å². The summed E-state index contributed by atoms with van der Waals surface area (Å²) in [5.74, 6) is 0.0102. The minimum atomic E-state index is 0.0102. The van der Waals surface area contributed by atoms with Crippen LogP contribution in [-0.2, 0) is 0 Å². The van der Waals surface area contributed by atoms with E-state index in [0.29, 0.717) is 0 Å². The van der Waals surface area contributed by atoms with Crippen molar-refractivity contribution in [1.82, 2.24) is 5.32 Å². The predicted octanol–water partition coefficient (Wildman–Crippen LogP) is 4.17. The molecule has 0 aliphatic rings. The lowest BCUT2D eigenvalue weighted by atomic mass is 10.0. The Balaban J connectivity index is 2.28. The first kappa shape index (κ1) is 13.8. The third-order valence-corrected chi connectivity index (χ3v) is 4.01. The summed E-state index contributed by atoms with van der Waals surface area (Å²) in [4.78, 5) is 13.9. The number of hydrogen-bond acceptors (Lipinski definition) is 2. The van der Waals surface area contributed by atoms with E-state index in [2.05, 4.69) is 37.4 Å². The molecule has 0 saturated carbocycles. The quantitative estimate of drug-likeness (QED) is 0.893. The van der Waals surface area contributed by atoms with E-state index < -0.39 is 0 Å². The topological polar surface area (TPSA) is 29.1 Å². The molecule has 1 heterocycles. The number of benzene rings is 1. The van der Waals surface area contributed by atoms with E-state index in [0.717, 1.165) is 9.75 Å². The number of nitrogens with one attached hydrogen (secondary N) is 1. The van der Waals surface area contributed by atoms with Crippen LogP contribution in [0.2, 0.25) is 0 Å². The van der Waals surface area contributed by atoms with Crippen molar-refractivity contribution in [2.45, 2.75) is 33.7 Å². The summed E-state index contributed by atoms with van der Waals surface area (Å²) >= 11 is 1.54. The Kier molecular flexibility index (Phi) is 4.05. The number of thiophene rings is 1. The van der Waals surface area contributed by atoms with Gasteiger partial charge in [0.15, 0.2) is 0 Å². The predicted molar refractivity (Wildman–Crippen MR) is 81.8 cm³/mol. The number of hydrogen-bond donors (Lipinski definition) is 1. The smallest absolute Gasteiger partial charge is 0.261 e. The van der Waals surface area contributed by atoms with Crippen LogP contribution >= 0.6 is 11.3 Å². The lowest BCUT2D eigenvalue weighted by molar-refractivity contribution is 0.0947. The number of carbonyl (C=O) groups excluding carboxylic acids is 1. The molecule has 0 aliphatic carbocycles. The first-order valence-electron chi connectivity index (χ1n) is 6.45. The van der Waals surface area contributed by atoms with Crippen molar-refractivity contribution < 1.29 is 4.79 Å². The van der Waals surface area contributed by atoms with Crippen LogP contribution in [0.5, 0.6) is 0 Å². The first-order valence-corrected chi connectivity index (χ1v) is 7.27. The van der Waals surface area contributed by atoms with Crippen molar-refractivity contribution in [3.05, 3.63) is 46.3 Å². The van der Waals surface area contributed by atoms with Gasteiger partial charge in [0, 0.05) is 10.9 Å². The fourth-order valence-electron chi connectivity index (χ4n) is 2.03. The molecular weight excluding hydrogens is 254 g/mol. The van der Waals surface area contributed by atoms with Gasteiger partial charge in [-0.25, -0.2) is 0 Å². The van der Waals surface area contributed by atoms with Crippen LogP contribution in [0.25, 0.3) is 10.4 Å². The number of rotatable bonds is 3. The second kappa shape index (κ2) is 5.57. The molecule has 2 aromatic rings. The number of aryl methyl sites for hydroxylation is 2. The van der Waals surface area contributed by atoms with Gasteiger partial charge in [-0.3, -0.25) is 4.79 Å². The largest absolute Gasteiger partial charge is 0.349 e. The SMILES string of the molecule is Cc1ccc(-c2ccc(C(=O)NC(C)C)s2)c(C)c1. The summed E-state index contributed by atoms with van der Waals surface area (Å²) in [6.07, 6.45) is 0. The fraction of sp³-hybridized carbons (Fsp3) is 0.312. The highest BCUT2D eigenvalue weighted by molar-refractivity contribution is 7.17. The van der Waals surface area contributed by atoms with Crippen LogP contribution < -0.4 is 5.32 Å². The Hall–Kier alpha value is -1.61. The third-order valence-electron chi connectivity index (χ3n) is 2.90. The van der Waals surface area contributed by atoms with Crippen molar-refractivity contribution in [1.29, 1.82) is 0 Å². The number of amides is 1. The molecule has 2 rings (SSSR count). The van der Waals surface area contributed by atoms with Gasteiger partial charge >= 0.3 is 0 Å². The van der Waals surface area contributed by atoms with E-state index in [1.165, 1.54) is 16.7 Å². The highest BCUT2D eigenvalue weighted by Crippen LogP contribution is 2.31. The summed E-state index contributed by atoms with van der Waals surface area (Å²) in [5.41, 5.74) is 3.72. The first-order chi connectivity index (χ1) is 8.97. The molecule has 0 radical (unpaired) electrons. The summed E-state index contributed by atoms with van der Waals surface area (Å²) in [5, 5.41) is 2.92. The van der Waals surface area contributed by atoms with E-state index in [9.17, 15) is 4.79 Å². The van der Waals surface area contributed by atoms with Gasteiger partial charge in [0.05, 0.1) is 4.88 Å².